The fourth-order valence-electron chi connectivity index (χ4n) is 1.83. The number of hydrogen-bond donors (Lipinski definition) is 2. The number of allylic oxidation sites excluding steroid dienone is 2. The predicted octanol–water partition coefficient (Wildman–Crippen LogP) is 3.53. The Kier molecular flexibility index (Phi) is 6.64. The van der Waals surface area contributed by atoms with Crippen molar-refractivity contribution in [2.75, 3.05) is 7.11 Å². The average Bonchev–Trinajstić information content (AvgIpc) is 2.44. The summed E-state index contributed by atoms with van der Waals surface area (Å²) in [7, 11) is 1.49. The van der Waals surface area contributed by atoms with Crippen LogP contribution in [0.15, 0.2) is 30.0 Å². The summed E-state index contributed by atoms with van der Waals surface area (Å²) in [6.07, 6.45) is 4.58. The van der Waals surface area contributed by atoms with Gasteiger partial charge in [0, 0.05) is 18.9 Å². The first-order valence-corrected chi connectivity index (χ1v) is 6.85. The number of phenols is 1. The lowest BCUT2D eigenvalue weighted by molar-refractivity contribution is -0.114. The Balaban J connectivity index is 2.54. The van der Waals surface area contributed by atoms with Gasteiger partial charge in [-0.1, -0.05) is 19.4 Å². The Morgan fingerprint density at radius 3 is 2.75 bits per heavy atom. The molecule has 1 rings (SSSR count). The fourth-order valence-corrected chi connectivity index (χ4v) is 1.83. The first-order chi connectivity index (χ1) is 9.56. The van der Waals surface area contributed by atoms with Gasteiger partial charge in [-0.15, -0.1) is 0 Å². The second kappa shape index (κ2) is 8.25. The molecule has 0 radical (unpaired) electrons. The van der Waals surface area contributed by atoms with Crippen molar-refractivity contribution in [1.82, 2.24) is 0 Å². The summed E-state index contributed by atoms with van der Waals surface area (Å²) < 4.78 is 5.02. The number of ketones is 1. The zero-order valence-corrected chi connectivity index (χ0v) is 12.1. The molecule has 1 aromatic rings. The maximum atomic E-state index is 11.5. The molecule has 1 aromatic carbocycles. The highest BCUT2D eigenvalue weighted by atomic mass is 16.5. The molecule has 0 saturated carbocycles. The number of unbranched alkanes of at least 4 members (excludes halogenated alkanes) is 1. The van der Waals surface area contributed by atoms with E-state index in [1.165, 1.54) is 13.2 Å². The number of carbonyl (C=O) groups excluding carboxylic acids is 1. The van der Waals surface area contributed by atoms with Crippen molar-refractivity contribution in [3.8, 4) is 11.5 Å². The molecule has 0 aromatic heterocycles. The minimum absolute atomic E-state index is 0.0346. The summed E-state index contributed by atoms with van der Waals surface area (Å²) in [5, 5.41) is 19.2. The van der Waals surface area contributed by atoms with Crippen LogP contribution in [0.25, 0.3) is 0 Å². The summed E-state index contributed by atoms with van der Waals surface area (Å²) in [5.74, 6) is 0.557. The van der Waals surface area contributed by atoms with Gasteiger partial charge in [-0.2, -0.15) is 0 Å². The molecular weight excluding hydrogens is 256 g/mol. The second-order valence-corrected chi connectivity index (χ2v) is 4.71. The second-order valence-electron chi connectivity index (χ2n) is 4.71. The molecule has 0 amide bonds. The summed E-state index contributed by atoms with van der Waals surface area (Å²) in [4.78, 5) is 11.5. The molecule has 0 aliphatic carbocycles. The maximum absolute atomic E-state index is 11.5. The van der Waals surface area contributed by atoms with E-state index < -0.39 is 0 Å². The summed E-state index contributed by atoms with van der Waals surface area (Å²) in [6, 6.07) is 5.05. The number of carbonyl (C=O) groups is 1. The van der Waals surface area contributed by atoms with Gasteiger partial charge in [-0.25, -0.2) is 0 Å². The first-order valence-electron chi connectivity index (χ1n) is 6.85. The fraction of sp³-hybridized carbons (Fsp3) is 0.438. The molecule has 0 bridgehead atoms. The molecule has 0 unspecified atom stereocenters. The maximum Gasteiger partial charge on any atom is 0.160 e. The number of aryl methyl sites for hydroxylation is 1. The number of aromatic hydroxyl groups is 1. The van der Waals surface area contributed by atoms with Gasteiger partial charge >= 0.3 is 0 Å². The molecular formula is C16H22O4. The number of aliphatic hydroxyl groups is 1. The Hall–Kier alpha value is -1.97. The van der Waals surface area contributed by atoms with Crippen molar-refractivity contribution < 1.29 is 19.7 Å². The summed E-state index contributed by atoms with van der Waals surface area (Å²) in [6.45, 7) is 2.02. The number of ether oxygens (including phenoxy) is 1. The average molecular weight is 278 g/mol. The van der Waals surface area contributed by atoms with Crippen LogP contribution in [-0.2, 0) is 11.2 Å². The van der Waals surface area contributed by atoms with Crippen molar-refractivity contribution in [3.05, 3.63) is 35.6 Å². The number of hydrogen-bond acceptors (Lipinski definition) is 4. The van der Waals surface area contributed by atoms with Crippen molar-refractivity contribution in [2.24, 2.45) is 0 Å². The summed E-state index contributed by atoms with van der Waals surface area (Å²) in [5.41, 5.74) is 0.931. The van der Waals surface area contributed by atoms with Crippen LogP contribution in [0.3, 0.4) is 0 Å². The van der Waals surface area contributed by atoms with Gasteiger partial charge in [-0.05, 0) is 30.5 Å². The highest BCUT2D eigenvalue weighted by Gasteiger charge is 2.05. The molecule has 0 spiro atoms. The molecule has 0 aliphatic heterocycles. The third-order valence-corrected chi connectivity index (χ3v) is 3.02. The smallest absolute Gasteiger partial charge is 0.160 e. The quantitative estimate of drug-likeness (QED) is 0.564. The van der Waals surface area contributed by atoms with Crippen molar-refractivity contribution in [1.29, 1.82) is 0 Å². The van der Waals surface area contributed by atoms with Crippen LogP contribution in [0.1, 0.15) is 38.2 Å². The van der Waals surface area contributed by atoms with E-state index in [1.807, 2.05) is 6.92 Å². The predicted molar refractivity (Wildman–Crippen MR) is 78.2 cm³/mol. The van der Waals surface area contributed by atoms with E-state index in [4.69, 9.17) is 4.74 Å². The van der Waals surface area contributed by atoms with Crippen LogP contribution in [0.4, 0.5) is 0 Å². The lowest BCUT2D eigenvalue weighted by Gasteiger charge is -2.06. The highest BCUT2D eigenvalue weighted by Crippen LogP contribution is 2.27. The molecule has 0 atom stereocenters. The zero-order chi connectivity index (χ0) is 15.0. The Morgan fingerprint density at radius 1 is 1.35 bits per heavy atom. The van der Waals surface area contributed by atoms with Crippen LogP contribution in [-0.4, -0.2) is 23.1 Å². The lowest BCUT2D eigenvalue weighted by atomic mass is 10.1. The van der Waals surface area contributed by atoms with Crippen molar-refractivity contribution in [2.45, 2.75) is 39.0 Å². The Bertz CT molecular complexity index is 477. The van der Waals surface area contributed by atoms with Crippen LogP contribution >= 0.6 is 0 Å². The van der Waals surface area contributed by atoms with E-state index in [0.29, 0.717) is 25.0 Å². The van der Waals surface area contributed by atoms with Crippen molar-refractivity contribution >= 4 is 5.78 Å². The van der Waals surface area contributed by atoms with Crippen molar-refractivity contribution in [3.63, 3.8) is 0 Å². The third-order valence-electron chi connectivity index (χ3n) is 3.02. The van der Waals surface area contributed by atoms with Gasteiger partial charge < -0.3 is 14.9 Å². The van der Waals surface area contributed by atoms with Gasteiger partial charge in [0.05, 0.1) is 12.9 Å². The van der Waals surface area contributed by atoms with Gasteiger partial charge in [0.15, 0.2) is 17.3 Å². The topological polar surface area (TPSA) is 66.8 Å². The largest absolute Gasteiger partial charge is 0.512 e. The molecule has 0 heterocycles. The van der Waals surface area contributed by atoms with Crippen LogP contribution < -0.4 is 4.74 Å². The molecule has 2 N–H and O–H groups in total. The van der Waals surface area contributed by atoms with Crippen LogP contribution in [0.2, 0.25) is 0 Å². The number of methoxy groups -OCH3 is 1. The summed E-state index contributed by atoms with van der Waals surface area (Å²) >= 11 is 0. The number of phenolic OH excluding ortho intramolecular Hbond substituents is 1. The first kappa shape index (κ1) is 16.1. The van der Waals surface area contributed by atoms with Gasteiger partial charge in [0.1, 0.15) is 0 Å². The van der Waals surface area contributed by atoms with Gasteiger partial charge in [0.2, 0.25) is 0 Å². The molecule has 0 aliphatic rings. The lowest BCUT2D eigenvalue weighted by Crippen LogP contribution is -1.97. The number of aliphatic hydroxyl groups excluding tert-OH is 1. The molecule has 20 heavy (non-hydrogen) atoms. The van der Waals surface area contributed by atoms with Crippen LogP contribution in [0, 0.1) is 0 Å². The molecule has 0 saturated heterocycles. The van der Waals surface area contributed by atoms with E-state index in [2.05, 4.69) is 0 Å². The van der Waals surface area contributed by atoms with E-state index in [9.17, 15) is 15.0 Å². The number of rotatable bonds is 8. The third kappa shape index (κ3) is 5.34. The standard InChI is InChI=1S/C16H22O4/c1-3-4-5-13(17)11-14(18)8-6-12-7-9-15(19)16(10-12)20-2/h7,9-11,18-19H,3-6,8H2,1-2H3. The van der Waals surface area contributed by atoms with E-state index in [1.54, 1.807) is 18.2 Å². The SMILES string of the molecule is CCCCC(=O)C=C(O)CCc1ccc(O)c(OC)c1. The minimum Gasteiger partial charge on any atom is -0.512 e. The number of benzene rings is 1. The van der Waals surface area contributed by atoms with E-state index >= 15 is 0 Å². The molecule has 4 nitrogen and oxygen atoms in total. The van der Waals surface area contributed by atoms with Gasteiger partial charge in [-0.3, -0.25) is 4.79 Å². The monoisotopic (exact) mass is 278 g/mol. The molecule has 0 fully saturated rings. The zero-order valence-electron chi connectivity index (χ0n) is 12.1. The Morgan fingerprint density at radius 2 is 2.10 bits per heavy atom. The van der Waals surface area contributed by atoms with Gasteiger partial charge in [0.25, 0.3) is 0 Å². The van der Waals surface area contributed by atoms with E-state index in [0.717, 1.165) is 18.4 Å². The highest BCUT2D eigenvalue weighted by molar-refractivity contribution is 5.89. The minimum atomic E-state index is -0.0346. The Labute approximate surface area is 119 Å². The van der Waals surface area contributed by atoms with E-state index in [-0.39, 0.29) is 17.3 Å². The molecule has 4 heteroatoms. The van der Waals surface area contributed by atoms with Crippen LogP contribution in [0.5, 0.6) is 11.5 Å². The normalized spacial score (nSPS) is 11.4. The molecule has 110 valence electrons.